The van der Waals surface area contributed by atoms with Gasteiger partial charge in [-0.2, -0.15) is 5.10 Å². The van der Waals surface area contributed by atoms with Crippen LogP contribution in [0.2, 0.25) is 0 Å². The van der Waals surface area contributed by atoms with Crippen LogP contribution in [0.25, 0.3) is 0 Å². The number of aromatic nitrogens is 2. The lowest BCUT2D eigenvalue weighted by molar-refractivity contribution is -0.144. The third-order valence-corrected chi connectivity index (χ3v) is 5.91. The molecule has 0 radical (unpaired) electrons. The molecule has 2 amide bonds. The fraction of sp³-hybridized carbons (Fsp3) is 0.722. The van der Waals surface area contributed by atoms with Crippen LogP contribution in [0.1, 0.15) is 61.6 Å². The van der Waals surface area contributed by atoms with E-state index in [-0.39, 0.29) is 5.91 Å². The number of hydrogen-bond donors (Lipinski definition) is 1. The minimum absolute atomic E-state index is 0.0310. The molecule has 0 saturated carbocycles. The predicted octanol–water partition coefficient (Wildman–Crippen LogP) is 2.01. The minimum atomic E-state index is 0.0310. The first kappa shape index (κ1) is 15.7. The highest BCUT2D eigenvalue weighted by Crippen LogP contribution is 2.38. The zero-order chi connectivity index (χ0) is 16.8. The first-order chi connectivity index (χ1) is 11.5. The summed E-state index contributed by atoms with van der Waals surface area (Å²) in [7, 11) is 0. The Hall–Kier alpha value is -1.85. The van der Waals surface area contributed by atoms with Gasteiger partial charge in [-0.3, -0.25) is 14.7 Å². The maximum absolute atomic E-state index is 12.9. The van der Waals surface area contributed by atoms with Gasteiger partial charge in [-0.15, -0.1) is 0 Å². The van der Waals surface area contributed by atoms with Gasteiger partial charge in [-0.25, -0.2) is 0 Å². The first-order valence-corrected chi connectivity index (χ1v) is 9.17. The average molecular weight is 330 g/mol. The Labute approximate surface area is 142 Å². The Kier molecular flexibility index (Phi) is 3.85. The molecule has 3 aliphatic heterocycles. The lowest BCUT2D eigenvalue weighted by Gasteiger charge is -2.52. The molecule has 3 aliphatic rings. The van der Waals surface area contributed by atoms with Gasteiger partial charge in [0, 0.05) is 37.8 Å². The molecule has 3 saturated heterocycles. The molecule has 3 fully saturated rings. The summed E-state index contributed by atoms with van der Waals surface area (Å²) in [5.74, 6) is 1.52. The summed E-state index contributed by atoms with van der Waals surface area (Å²) >= 11 is 0. The van der Waals surface area contributed by atoms with Crippen molar-refractivity contribution in [3.05, 3.63) is 17.5 Å². The second kappa shape index (κ2) is 5.90. The van der Waals surface area contributed by atoms with E-state index in [4.69, 9.17) is 0 Å². The molecule has 6 heteroatoms. The zero-order valence-electron chi connectivity index (χ0n) is 14.5. The Morgan fingerprint density at radius 2 is 2.17 bits per heavy atom. The molecule has 0 spiro atoms. The van der Waals surface area contributed by atoms with Crippen molar-refractivity contribution in [2.24, 2.45) is 11.8 Å². The number of likely N-dealkylation sites (tertiary alicyclic amines) is 1. The Balaban J connectivity index is 1.50. The van der Waals surface area contributed by atoms with Gasteiger partial charge in [0.15, 0.2) is 0 Å². The van der Waals surface area contributed by atoms with Crippen molar-refractivity contribution >= 4 is 11.8 Å². The van der Waals surface area contributed by atoms with Gasteiger partial charge in [0.1, 0.15) is 5.69 Å². The number of nitrogens with zero attached hydrogens (tertiary/aromatic N) is 3. The van der Waals surface area contributed by atoms with Crippen LogP contribution in [0.5, 0.6) is 0 Å². The standard InChI is InChI=1S/C18H26N4O2/c1-11(2)14-7-15(20-19-14)18(24)21-8-12-6-13(10-21)16-4-3-5-17(23)22(16)9-12/h7,11-13,16H,3-6,8-10H2,1-2H3,(H,19,20)/t12?,13?,16-/m0/s1. The number of hydrogen-bond acceptors (Lipinski definition) is 3. The van der Waals surface area contributed by atoms with Crippen molar-refractivity contribution in [1.29, 1.82) is 0 Å². The second-order valence-corrected chi connectivity index (χ2v) is 7.94. The zero-order valence-corrected chi connectivity index (χ0v) is 14.5. The lowest BCUT2D eigenvalue weighted by Crippen LogP contribution is -2.61. The Morgan fingerprint density at radius 3 is 2.92 bits per heavy atom. The van der Waals surface area contributed by atoms with Crippen molar-refractivity contribution in [3.63, 3.8) is 0 Å². The number of aromatic amines is 1. The molecular formula is C18H26N4O2. The molecule has 2 unspecified atom stereocenters. The molecule has 1 aromatic rings. The number of nitrogens with one attached hydrogen (secondary N) is 1. The molecule has 0 aliphatic carbocycles. The molecule has 2 bridgehead atoms. The summed E-state index contributed by atoms with van der Waals surface area (Å²) in [4.78, 5) is 29.1. The van der Waals surface area contributed by atoms with Gasteiger partial charge >= 0.3 is 0 Å². The second-order valence-electron chi connectivity index (χ2n) is 7.94. The third kappa shape index (κ3) is 2.62. The van der Waals surface area contributed by atoms with Crippen molar-refractivity contribution in [1.82, 2.24) is 20.0 Å². The summed E-state index contributed by atoms with van der Waals surface area (Å²) in [6.45, 7) is 6.49. The summed E-state index contributed by atoms with van der Waals surface area (Å²) < 4.78 is 0. The van der Waals surface area contributed by atoms with Crippen LogP contribution in [-0.4, -0.2) is 57.5 Å². The highest BCUT2D eigenvalue weighted by atomic mass is 16.2. The highest BCUT2D eigenvalue weighted by molar-refractivity contribution is 5.92. The van der Waals surface area contributed by atoms with E-state index in [1.54, 1.807) is 0 Å². The molecule has 24 heavy (non-hydrogen) atoms. The number of fused-ring (bicyclic) bond motifs is 4. The van der Waals surface area contributed by atoms with Gasteiger partial charge in [-0.1, -0.05) is 13.8 Å². The number of piperidine rings is 3. The Bertz CT molecular complexity index is 653. The number of rotatable bonds is 2. The normalized spacial score (nSPS) is 29.8. The molecular weight excluding hydrogens is 304 g/mol. The Morgan fingerprint density at radius 1 is 1.33 bits per heavy atom. The molecule has 130 valence electrons. The average Bonchev–Trinajstić information content (AvgIpc) is 3.05. The van der Waals surface area contributed by atoms with Crippen LogP contribution in [0, 0.1) is 11.8 Å². The summed E-state index contributed by atoms with van der Waals surface area (Å²) in [6, 6.07) is 2.22. The summed E-state index contributed by atoms with van der Waals surface area (Å²) in [5.41, 5.74) is 1.52. The van der Waals surface area contributed by atoms with Gasteiger partial charge in [0.05, 0.1) is 0 Å². The van der Waals surface area contributed by atoms with Gasteiger partial charge in [-0.05, 0) is 43.1 Å². The van der Waals surface area contributed by atoms with Gasteiger partial charge in [0.25, 0.3) is 5.91 Å². The summed E-state index contributed by atoms with van der Waals surface area (Å²) in [5, 5.41) is 7.20. The van der Waals surface area contributed by atoms with E-state index in [1.807, 2.05) is 11.0 Å². The van der Waals surface area contributed by atoms with E-state index in [9.17, 15) is 9.59 Å². The molecule has 0 aromatic carbocycles. The van der Waals surface area contributed by atoms with Crippen LogP contribution in [0.15, 0.2) is 6.07 Å². The van der Waals surface area contributed by atoms with E-state index < -0.39 is 0 Å². The first-order valence-electron chi connectivity index (χ1n) is 9.17. The van der Waals surface area contributed by atoms with Crippen LogP contribution >= 0.6 is 0 Å². The minimum Gasteiger partial charge on any atom is -0.339 e. The predicted molar refractivity (Wildman–Crippen MR) is 89.5 cm³/mol. The van der Waals surface area contributed by atoms with E-state index in [1.165, 1.54) is 0 Å². The van der Waals surface area contributed by atoms with E-state index in [0.717, 1.165) is 44.6 Å². The van der Waals surface area contributed by atoms with Crippen LogP contribution < -0.4 is 0 Å². The van der Waals surface area contributed by atoms with E-state index >= 15 is 0 Å². The SMILES string of the molecule is CC(C)c1cc(C(=O)N2CC3CC(C2)[C@@H]2CCCC(=O)N2C3)n[nH]1. The molecule has 1 N–H and O–H groups in total. The van der Waals surface area contributed by atoms with Crippen LogP contribution in [0.3, 0.4) is 0 Å². The number of carbonyl (C=O) groups excluding carboxylic acids is 2. The molecule has 3 atom stereocenters. The van der Waals surface area contributed by atoms with Crippen molar-refractivity contribution in [2.45, 2.75) is 51.5 Å². The maximum atomic E-state index is 12.9. The molecule has 4 rings (SSSR count). The number of H-pyrrole nitrogens is 1. The molecule has 4 heterocycles. The topological polar surface area (TPSA) is 69.3 Å². The van der Waals surface area contributed by atoms with E-state index in [2.05, 4.69) is 28.9 Å². The van der Waals surface area contributed by atoms with Crippen LogP contribution in [0.4, 0.5) is 0 Å². The van der Waals surface area contributed by atoms with E-state index in [0.29, 0.717) is 41.8 Å². The number of carbonyl (C=O) groups is 2. The fourth-order valence-electron chi connectivity index (χ4n) is 4.68. The highest BCUT2D eigenvalue weighted by Gasteiger charge is 2.45. The summed E-state index contributed by atoms with van der Waals surface area (Å²) in [6.07, 6.45) is 3.93. The molecule has 6 nitrogen and oxygen atoms in total. The maximum Gasteiger partial charge on any atom is 0.274 e. The molecule has 1 aromatic heterocycles. The van der Waals surface area contributed by atoms with Crippen molar-refractivity contribution < 1.29 is 9.59 Å². The monoisotopic (exact) mass is 330 g/mol. The van der Waals surface area contributed by atoms with Gasteiger partial charge in [0.2, 0.25) is 5.91 Å². The quantitative estimate of drug-likeness (QED) is 0.902. The van der Waals surface area contributed by atoms with Crippen LogP contribution in [-0.2, 0) is 4.79 Å². The number of amides is 2. The lowest BCUT2D eigenvalue weighted by atomic mass is 9.76. The smallest absolute Gasteiger partial charge is 0.274 e. The van der Waals surface area contributed by atoms with Gasteiger partial charge < -0.3 is 9.80 Å². The largest absolute Gasteiger partial charge is 0.339 e. The van der Waals surface area contributed by atoms with Crippen molar-refractivity contribution in [3.8, 4) is 0 Å². The third-order valence-electron chi connectivity index (χ3n) is 5.91. The fourth-order valence-corrected chi connectivity index (χ4v) is 4.68. The van der Waals surface area contributed by atoms with Crippen molar-refractivity contribution in [2.75, 3.05) is 19.6 Å².